The first-order chi connectivity index (χ1) is 14.3. The third-order valence-corrected chi connectivity index (χ3v) is 6.06. The molecule has 1 unspecified atom stereocenters. The van der Waals surface area contributed by atoms with Gasteiger partial charge in [0.1, 0.15) is 0 Å². The number of hydrogen-bond acceptors (Lipinski definition) is 3. The topological polar surface area (TPSA) is 30.3 Å². The maximum atomic E-state index is 5.95. The molecule has 0 bridgehead atoms. The van der Waals surface area contributed by atoms with Crippen LogP contribution in [-0.2, 0) is 17.7 Å². The molecule has 1 atom stereocenters. The van der Waals surface area contributed by atoms with Crippen LogP contribution in [0, 0.1) is 5.41 Å². The summed E-state index contributed by atoms with van der Waals surface area (Å²) in [5, 5.41) is 0. The van der Waals surface area contributed by atoms with Gasteiger partial charge in [0.05, 0.1) is 18.5 Å². The molecule has 29 heavy (non-hydrogen) atoms. The number of likely N-dealkylation sites (tertiary alicyclic amines) is 1. The Bertz CT molecular complexity index is 877. The Morgan fingerprint density at radius 3 is 2.76 bits per heavy atom. The average Bonchev–Trinajstić information content (AvgIpc) is 3.40. The highest BCUT2D eigenvalue weighted by molar-refractivity contribution is 5.32. The highest BCUT2D eigenvalue weighted by Crippen LogP contribution is 2.36. The van der Waals surface area contributed by atoms with E-state index in [4.69, 9.17) is 4.74 Å². The molecule has 1 aromatic carbocycles. The van der Waals surface area contributed by atoms with Crippen LogP contribution < -0.4 is 0 Å². The molecule has 4 nitrogen and oxygen atoms in total. The highest BCUT2D eigenvalue weighted by atomic mass is 16.5. The second-order valence-corrected chi connectivity index (χ2v) is 8.16. The van der Waals surface area contributed by atoms with Crippen LogP contribution in [0.15, 0.2) is 73.2 Å². The van der Waals surface area contributed by atoms with Gasteiger partial charge >= 0.3 is 0 Å². The van der Waals surface area contributed by atoms with Crippen molar-refractivity contribution in [3.05, 3.63) is 84.4 Å². The Balaban J connectivity index is 1.43. The number of pyridine rings is 1. The van der Waals surface area contributed by atoms with Crippen LogP contribution in [0.1, 0.15) is 31.0 Å². The first-order valence-electron chi connectivity index (χ1n) is 10.7. The van der Waals surface area contributed by atoms with E-state index >= 15 is 0 Å². The van der Waals surface area contributed by atoms with Gasteiger partial charge in [0, 0.05) is 43.2 Å². The third-order valence-electron chi connectivity index (χ3n) is 6.06. The van der Waals surface area contributed by atoms with E-state index in [9.17, 15) is 0 Å². The third kappa shape index (κ3) is 4.95. The maximum absolute atomic E-state index is 5.95. The summed E-state index contributed by atoms with van der Waals surface area (Å²) in [6, 6.07) is 19.3. The van der Waals surface area contributed by atoms with Crippen molar-refractivity contribution in [3.8, 4) is 5.69 Å². The molecule has 0 radical (unpaired) electrons. The molecule has 0 spiro atoms. The van der Waals surface area contributed by atoms with E-state index in [0.717, 1.165) is 45.0 Å². The summed E-state index contributed by atoms with van der Waals surface area (Å²) in [6.07, 6.45) is 9.37. The molecule has 1 aliphatic rings. The molecular formula is C25H31N3O. The molecule has 4 rings (SSSR count). The molecule has 1 fully saturated rings. The maximum Gasteiger partial charge on any atom is 0.0636 e. The zero-order chi connectivity index (χ0) is 19.9. The fourth-order valence-corrected chi connectivity index (χ4v) is 4.45. The van der Waals surface area contributed by atoms with Gasteiger partial charge < -0.3 is 9.30 Å². The van der Waals surface area contributed by atoms with Crippen LogP contribution in [0.4, 0.5) is 0 Å². The first-order valence-corrected chi connectivity index (χ1v) is 10.7. The van der Waals surface area contributed by atoms with E-state index in [0.29, 0.717) is 0 Å². The van der Waals surface area contributed by atoms with Gasteiger partial charge in [0.2, 0.25) is 0 Å². The van der Waals surface area contributed by atoms with E-state index in [-0.39, 0.29) is 5.41 Å². The minimum atomic E-state index is 0.248. The number of rotatable bonds is 9. The molecule has 3 heterocycles. The van der Waals surface area contributed by atoms with E-state index in [1.165, 1.54) is 24.1 Å². The summed E-state index contributed by atoms with van der Waals surface area (Å²) in [6.45, 7) is 6.92. The molecule has 4 heteroatoms. The van der Waals surface area contributed by atoms with Crippen molar-refractivity contribution >= 4 is 0 Å². The number of hydrogen-bond donors (Lipinski definition) is 0. The lowest BCUT2D eigenvalue weighted by Gasteiger charge is -2.29. The SMILES string of the molecule is CCOCC1(CCc2ccccc2)CCN(Cc2cccn2-c2cccnc2)C1. The predicted octanol–water partition coefficient (Wildman–Crippen LogP) is 4.73. The lowest BCUT2D eigenvalue weighted by Crippen LogP contribution is -2.32. The Morgan fingerprint density at radius 2 is 1.97 bits per heavy atom. The van der Waals surface area contributed by atoms with Gasteiger partial charge in [-0.3, -0.25) is 9.88 Å². The Labute approximate surface area is 174 Å². The molecule has 0 aliphatic carbocycles. The molecular weight excluding hydrogens is 358 g/mol. The van der Waals surface area contributed by atoms with Gasteiger partial charge in [0.25, 0.3) is 0 Å². The number of aromatic nitrogens is 2. The summed E-state index contributed by atoms with van der Waals surface area (Å²) in [5.41, 5.74) is 4.11. The van der Waals surface area contributed by atoms with E-state index in [1.54, 1.807) is 0 Å². The van der Waals surface area contributed by atoms with Crippen molar-refractivity contribution in [3.63, 3.8) is 0 Å². The van der Waals surface area contributed by atoms with Crippen molar-refractivity contribution in [1.29, 1.82) is 0 Å². The molecule has 3 aromatic rings. The normalized spacial score (nSPS) is 19.6. The number of benzene rings is 1. The van der Waals surface area contributed by atoms with Gasteiger partial charge in [-0.1, -0.05) is 30.3 Å². The molecule has 1 saturated heterocycles. The number of ether oxygens (including phenoxy) is 1. The fraction of sp³-hybridized carbons (Fsp3) is 0.400. The van der Waals surface area contributed by atoms with Gasteiger partial charge in [-0.05, 0) is 62.6 Å². The van der Waals surface area contributed by atoms with Crippen molar-refractivity contribution in [2.45, 2.75) is 32.7 Å². The monoisotopic (exact) mass is 389 g/mol. The average molecular weight is 390 g/mol. The summed E-state index contributed by atoms with van der Waals surface area (Å²) in [5.74, 6) is 0. The van der Waals surface area contributed by atoms with E-state index in [1.807, 2.05) is 18.5 Å². The van der Waals surface area contributed by atoms with Crippen molar-refractivity contribution < 1.29 is 4.74 Å². The second-order valence-electron chi connectivity index (χ2n) is 8.16. The van der Waals surface area contributed by atoms with Gasteiger partial charge in [0.15, 0.2) is 0 Å². The molecule has 2 aromatic heterocycles. The largest absolute Gasteiger partial charge is 0.381 e. The van der Waals surface area contributed by atoms with Crippen LogP contribution in [0.3, 0.4) is 0 Å². The first kappa shape index (κ1) is 19.9. The van der Waals surface area contributed by atoms with Crippen molar-refractivity contribution in [2.24, 2.45) is 5.41 Å². The van der Waals surface area contributed by atoms with E-state index in [2.05, 4.69) is 76.1 Å². The fourth-order valence-electron chi connectivity index (χ4n) is 4.45. The van der Waals surface area contributed by atoms with Crippen LogP contribution in [0.25, 0.3) is 5.69 Å². The molecule has 0 saturated carbocycles. The van der Waals surface area contributed by atoms with Gasteiger partial charge in [-0.15, -0.1) is 0 Å². The molecule has 152 valence electrons. The quantitative estimate of drug-likeness (QED) is 0.530. The molecule has 0 amide bonds. The zero-order valence-electron chi connectivity index (χ0n) is 17.3. The summed E-state index contributed by atoms with van der Waals surface area (Å²) < 4.78 is 8.20. The Hall–Kier alpha value is -2.43. The number of nitrogens with zero attached hydrogens (tertiary/aromatic N) is 3. The van der Waals surface area contributed by atoms with Gasteiger partial charge in [-0.25, -0.2) is 0 Å². The number of aryl methyl sites for hydroxylation is 1. The smallest absolute Gasteiger partial charge is 0.0636 e. The van der Waals surface area contributed by atoms with Gasteiger partial charge in [-0.2, -0.15) is 0 Å². The van der Waals surface area contributed by atoms with Crippen molar-refractivity contribution in [1.82, 2.24) is 14.5 Å². The Morgan fingerprint density at radius 1 is 1.07 bits per heavy atom. The van der Waals surface area contributed by atoms with Crippen molar-refractivity contribution in [2.75, 3.05) is 26.3 Å². The molecule has 1 aliphatic heterocycles. The van der Waals surface area contributed by atoms with E-state index < -0.39 is 0 Å². The lowest BCUT2D eigenvalue weighted by molar-refractivity contribution is 0.0488. The van der Waals surface area contributed by atoms with Crippen LogP contribution in [-0.4, -0.2) is 40.8 Å². The standard InChI is InChI=1S/C25H31N3O/c1-2-29-21-25(13-12-22-8-4-3-5-9-22)14-17-27(20-25)19-24-11-7-16-28(24)23-10-6-15-26-18-23/h3-11,15-16,18H,2,12-14,17,19-21H2,1H3. The zero-order valence-corrected chi connectivity index (χ0v) is 17.3. The molecule has 0 N–H and O–H groups in total. The summed E-state index contributed by atoms with van der Waals surface area (Å²) in [4.78, 5) is 6.86. The summed E-state index contributed by atoms with van der Waals surface area (Å²) in [7, 11) is 0. The lowest BCUT2D eigenvalue weighted by atomic mass is 9.82. The summed E-state index contributed by atoms with van der Waals surface area (Å²) >= 11 is 0. The minimum Gasteiger partial charge on any atom is -0.381 e. The van der Waals surface area contributed by atoms with Crippen LogP contribution >= 0.6 is 0 Å². The second kappa shape index (κ2) is 9.38. The van der Waals surface area contributed by atoms with Crippen LogP contribution in [0.5, 0.6) is 0 Å². The predicted molar refractivity (Wildman–Crippen MR) is 117 cm³/mol. The Kier molecular flexibility index (Phi) is 6.43. The minimum absolute atomic E-state index is 0.248. The highest BCUT2D eigenvalue weighted by Gasteiger charge is 2.38. The van der Waals surface area contributed by atoms with Crippen LogP contribution in [0.2, 0.25) is 0 Å².